The van der Waals surface area contributed by atoms with Crippen LogP contribution >= 0.6 is 0 Å². The van der Waals surface area contributed by atoms with Crippen LogP contribution in [0.25, 0.3) is 0 Å². The fraction of sp³-hybridized carbons (Fsp3) is 0.562. The molecule has 4 heteroatoms. The monoisotopic (exact) mass is 274 g/mol. The highest BCUT2D eigenvalue weighted by atomic mass is 16.5. The molecule has 0 unspecified atom stereocenters. The van der Waals surface area contributed by atoms with E-state index in [-0.39, 0.29) is 5.91 Å². The number of carbonyl (C=O) groups is 1. The molecule has 20 heavy (non-hydrogen) atoms. The second-order valence-electron chi connectivity index (χ2n) is 5.51. The zero-order valence-corrected chi connectivity index (χ0v) is 12.0. The molecule has 0 saturated carbocycles. The lowest BCUT2D eigenvalue weighted by Crippen LogP contribution is -2.25. The van der Waals surface area contributed by atoms with Crippen molar-refractivity contribution in [1.82, 2.24) is 5.32 Å². The van der Waals surface area contributed by atoms with Crippen LogP contribution in [0, 0.1) is 0 Å². The van der Waals surface area contributed by atoms with Crippen LogP contribution in [0.15, 0.2) is 12.1 Å². The smallest absolute Gasteiger partial charge is 0.219 e. The summed E-state index contributed by atoms with van der Waals surface area (Å²) in [5, 5.41) is 6.47. The number of amides is 1. The van der Waals surface area contributed by atoms with Crippen LogP contribution in [0.4, 0.5) is 5.69 Å². The quantitative estimate of drug-likeness (QED) is 0.886. The molecule has 1 atom stereocenters. The first-order chi connectivity index (χ1) is 9.79. The SMILES string of the molecule is CCC(=O)NCC[C@H]1CCc2ccc3c(c21)NCCO3. The van der Waals surface area contributed by atoms with E-state index in [9.17, 15) is 4.79 Å². The predicted octanol–water partition coefficient (Wildman–Crippen LogP) is 2.44. The molecule has 2 aliphatic rings. The molecule has 0 aromatic heterocycles. The molecule has 1 aromatic rings. The van der Waals surface area contributed by atoms with Gasteiger partial charge in [0.25, 0.3) is 0 Å². The lowest BCUT2D eigenvalue weighted by molar-refractivity contribution is -0.120. The molecule has 2 N–H and O–H groups in total. The first-order valence-corrected chi connectivity index (χ1v) is 7.58. The van der Waals surface area contributed by atoms with Gasteiger partial charge in [-0.3, -0.25) is 4.79 Å². The van der Waals surface area contributed by atoms with Crippen molar-refractivity contribution < 1.29 is 9.53 Å². The van der Waals surface area contributed by atoms with Gasteiger partial charge in [0, 0.05) is 19.5 Å². The minimum atomic E-state index is 0.139. The number of nitrogens with one attached hydrogen (secondary N) is 2. The van der Waals surface area contributed by atoms with Crippen LogP contribution in [0.3, 0.4) is 0 Å². The van der Waals surface area contributed by atoms with Gasteiger partial charge in [-0.15, -0.1) is 0 Å². The maximum Gasteiger partial charge on any atom is 0.219 e. The Labute approximate surface area is 119 Å². The second-order valence-corrected chi connectivity index (χ2v) is 5.51. The predicted molar refractivity (Wildman–Crippen MR) is 79.4 cm³/mol. The van der Waals surface area contributed by atoms with Gasteiger partial charge in [-0.1, -0.05) is 13.0 Å². The van der Waals surface area contributed by atoms with E-state index in [1.807, 2.05) is 6.92 Å². The second kappa shape index (κ2) is 5.73. The molecule has 3 rings (SSSR count). The van der Waals surface area contributed by atoms with E-state index in [4.69, 9.17) is 4.74 Å². The topological polar surface area (TPSA) is 50.4 Å². The van der Waals surface area contributed by atoms with E-state index < -0.39 is 0 Å². The lowest BCUT2D eigenvalue weighted by atomic mass is 9.95. The van der Waals surface area contributed by atoms with E-state index >= 15 is 0 Å². The summed E-state index contributed by atoms with van der Waals surface area (Å²) in [5.74, 6) is 1.66. The van der Waals surface area contributed by atoms with Gasteiger partial charge in [0.1, 0.15) is 12.4 Å². The molecule has 0 radical (unpaired) electrons. The summed E-state index contributed by atoms with van der Waals surface area (Å²) in [5.41, 5.74) is 4.06. The number of rotatable bonds is 4. The number of benzene rings is 1. The van der Waals surface area contributed by atoms with Gasteiger partial charge in [-0.2, -0.15) is 0 Å². The van der Waals surface area contributed by atoms with Crippen LogP contribution in [-0.4, -0.2) is 25.6 Å². The molecule has 0 saturated heterocycles. The first-order valence-electron chi connectivity index (χ1n) is 7.58. The lowest BCUT2D eigenvalue weighted by Gasteiger charge is -2.24. The number of hydrogen-bond acceptors (Lipinski definition) is 3. The van der Waals surface area contributed by atoms with Gasteiger partial charge in [0.2, 0.25) is 5.91 Å². The number of carbonyl (C=O) groups excluding carboxylic acids is 1. The summed E-state index contributed by atoms with van der Waals surface area (Å²) in [4.78, 5) is 11.3. The number of aryl methyl sites for hydroxylation is 1. The standard InChI is InChI=1S/C16H22N2O2/c1-2-14(19)17-8-7-12-4-3-11-5-6-13-16(15(11)12)18-9-10-20-13/h5-6,12,18H,2-4,7-10H2,1H3,(H,17,19)/t12-/m1/s1. The average molecular weight is 274 g/mol. The molecule has 108 valence electrons. The number of anilines is 1. The summed E-state index contributed by atoms with van der Waals surface area (Å²) in [7, 11) is 0. The van der Waals surface area contributed by atoms with E-state index in [0.29, 0.717) is 12.3 Å². The highest BCUT2D eigenvalue weighted by molar-refractivity contribution is 5.75. The van der Waals surface area contributed by atoms with Gasteiger partial charge in [0.15, 0.2) is 0 Å². The molecule has 1 aliphatic heterocycles. The fourth-order valence-electron chi connectivity index (χ4n) is 3.24. The van der Waals surface area contributed by atoms with Crippen molar-refractivity contribution in [3.05, 3.63) is 23.3 Å². The molecule has 0 bridgehead atoms. The minimum Gasteiger partial charge on any atom is -0.490 e. The van der Waals surface area contributed by atoms with Crippen LogP contribution in [0.1, 0.15) is 43.2 Å². The maximum atomic E-state index is 11.3. The Balaban J connectivity index is 1.73. The van der Waals surface area contributed by atoms with Gasteiger partial charge in [-0.25, -0.2) is 0 Å². The Morgan fingerprint density at radius 1 is 1.50 bits per heavy atom. The van der Waals surface area contributed by atoms with Crippen molar-refractivity contribution in [3.63, 3.8) is 0 Å². The average Bonchev–Trinajstić information content (AvgIpc) is 2.91. The Morgan fingerprint density at radius 2 is 2.40 bits per heavy atom. The summed E-state index contributed by atoms with van der Waals surface area (Å²) >= 11 is 0. The largest absolute Gasteiger partial charge is 0.490 e. The zero-order chi connectivity index (χ0) is 13.9. The van der Waals surface area contributed by atoms with Crippen LogP contribution in [0.2, 0.25) is 0 Å². The van der Waals surface area contributed by atoms with Crippen molar-refractivity contribution in [1.29, 1.82) is 0 Å². The fourth-order valence-corrected chi connectivity index (χ4v) is 3.24. The van der Waals surface area contributed by atoms with Crippen molar-refractivity contribution in [2.75, 3.05) is 25.0 Å². The van der Waals surface area contributed by atoms with Gasteiger partial charge in [0.05, 0.1) is 5.69 Å². The molecular formula is C16H22N2O2. The normalized spacial score (nSPS) is 19.6. The van der Waals surface area contributed by atoms with Gasteiger partial charge < -0.3 is 15.4 Å². The summed E-state index contributed by atoms with van der Waals surface area (Å²) in [6.07, 6.45) is 3.88. The number of hydrogen-bond donors (Lipinski definition) is 2. The molecule has 1 aromatic carbocycles. The van der Waals surface area contributed by atoms with Crippen molar-refractivity contribution in [2.45, 2.75) is 38.5 Å². The maximum absolute atomic E-state index is 11.3. The summed E-state index contributed by atoms with van der Waals surface area (Å²) in [6.45, 7) is 4.27. The van der Waals surface area contributed by atoms with E-state index in [1.54, 1.807) is 0 Å². The van der Waals surface area contributed by atoms with E-state index in [2.05, 4.69) is 22.8 Å². The van der Waals surface area contributed by atoms with Crippen LogP contribution in [0.5, 0.6) is 5.75 Å². The Morgan fingerprint density at radius 3 is 3.25 bits per heavy atom. The molecule has 0 fully saturated rings. The minimum absolute atomic E-state index is 0.139. The highest BCUT2D eigenvalue weighted by Crippen LogP contribution is 2.45. The zero-order valence-electron chi connectivity index (χ0n) is 12.0. The Bertz CT molecular complexity index is 513. The summed E-state index contributed by atoms with van der Waals surface area (Å²) < 4.78 is 5.72. The van der Waals surface area contributed by atoms with Crippen molar-refractivity contribution >= 4 is 11.6 Å². The molecule has 1 amide bonds. The third-order valence-electron chi connectivity index (χ3n) is 4.27. The molecule has 1 aliphatic carbocycles. The number of fused-ring (bicyclic) bond motifs is 3. The Kier molecular flexibility index (Phi) is 3.81. The summed E-state index contributed by atoms with van der Waals surface area (Å²) in [6, 6.07) is 4.29. The molecular weight excluding hydrogens is 252 g/mol. The first kappa shape index (κ1) is 13.3. The molecule has 4 nitrogen and oxygen atoms in total. The van der Waals surface area contributed by atoms with Crippen LogP contribution in [-0.2, 0) is 11.2 Å². The van der Waals surface area contributed by atoms with Gasteiger partial charge >= 0.3 is 0 Å². The third-order valence-corrected chi connectivity index (χ3v) is 4.27. The third kappa shape index (κ3) is 2.47. The molecule has 0 spiro atoms. The molecule has 1 heterocycles. The van der Waals surface area contributed by atoms with Gasteiger partial charge in [-0.05, 0) is 42.4 Å². The highest BCUT2D eigenvalue weighted by Gasteiger charge is 2.28. The van der Waals surface area contributed by atoms with E-state index in [0.717, 1.165) is 38.3 Å². The van der Waals surface area contributed by atoms with Crippen LogP contribution < -0.4 is 15.4 Å². The van der Waals surface area contributed by atoms with Crippen molar-refractivity contribution in [3.8, 4) is 5.75 Å². The van der Waals surface area contributed by atoms with Crippen molar-refractivity contribution in [2.24, 2.45) is 0 Å². The number of ether oxygens (including phenoxy) is 1. The Hall–Kier alpha value is -1.71. The van der Waals surface area contributed by atoms with E-state index in [1.165, 1.54) is 23.2 Å².